The monoisotopic (exact) mass is 445 g/mol. The molecule has 0 saturated carbocycles. The van der Waals surface area contributed by atoms with Crippen molar-refractivity contribution in [2.45, 2.75) is 24.2 Å². The van der Waals surface area contributed by atoms with E-state index in [1.807, 2.05) is 31.3 Å². The molecule has 0 bridgehead atoms. The molecule has 8 nitrogen and oxygen atoms in total. The number of esters is 1. The van der Waals surface area contributed by atoms with Crippen LogP contribution >= 0.6 is 0 Å². The predicted octanol–water partition coefficient (Wildman–Crippen LogP) is 1.68. The van der Waals surface area contributed by atoms with Crippen LogP contribution in [0.4, 0.5) is 0 Å². The Bertz CT molecular complexity index is 1190. The number of amides is 1. The maximum atomic E-state index is 13.4. The molecule has 8 heteroatoms. The number of carbonyl (C=O) groups is 2. The van der Waals surface area contributed by atoms with Gasteiger partial charge in [0.05, 0.1) is 13.6 Å². The van der Waals surface area contributed by atoms with Gasteiger partial charge in [-0.1, -0.05) is 48.5 Å². The van der Waals surface area contributed by atoms with Crippen molar-refractivity contribution >= 4 is 11.9 Å². The van der Waals surface area contributed by atoms with Crippen LogP contribution in [-0.2, 0) is 19.9 Å². The zero-order chi connectivity index (χ0) is 23.2. The van der Waals surface area contributed by atoms with Gasteiger partial charge in [-0.2, -0.15) is 0 Å². The molecular formula is C25H25N4O4+. The number of aliphatic hydroxyl groups is 1. The van der Waals surface area contributed by atoms with Crippen LogP contribution in [0.2, 0.25) is 0 Å². The number of quaternary nitrogens is 1. The van der Waals surface area contributed by atoms with Crippen LogP contribution in [0.15, 0.2) is 67.1 Å². The highest BCUT2D eigenvalue weighted by Crippen LogP contribution is 2.48. The molecule has 33 heavy (non-hydrogen) atoms. The van der Waals surface area contributed by atoms with Crippen LogP contribution in [0.25, 0.3) is 11.1 Å². The predicted molar refractivity (Wildman–Crippen MR) is 119 cm³/mol. The van der Waals surface area contributed by atoms with E-state index >= 15 is 0 Å². The summed E-state index contributed by atoms with van der Waals surface area (Å²) in [5, 5.41) is 11.7. The lowest BCUT2D eigenvalue weighted by atomic mass is 9.91. The van der Waals surface area contributed by atoms with Gasteiger partial charge in [0, 0.05) is 23.7 Å². The van der Waals surface area contributed by atoms with Gasteiger partial charge in [0.15, 0.2) is 6.10 Å². The van der Waals surface area contributed by atoms with E-state index in [0.717, 1.165) is 11.1 Å². The van der Waals surface area contributed by atoms with E-state index in [-0.39, 0.29) is 4.48 Å². The molecule has 3 aromatic rings. The average molecular weight is 445 g/mol. The van der Waals surface area contributed by atoms with Gasteiger partial charge in [-0.3, -0.25) is 4.79 Å². The average Bonchev–Trinajstić information content (AvgIpc) is 3.31. The van der Waals surface area contributed by atoms with E-state index in [1.54, 1.807) is 36.5 Å². The van der Waals surface area contributed by atoms with E-state index in [1.165, 1.54) is 6.33 Å². The van der Waals surface area contributed by atoms with Crippen LogP contribution in [0, 0.1) is 0 Å². The number of nitrogens with zero attached hydrogens (tertiary/aromatic N) is 3. The first-order chi connectivity index (χ1) is 15.8. The number of ether oxygens (including phenoxy) is 1. The van der Waals surface area contributed by atoms with Crippen molar-refractivity contribution in [3.8, 4) is 11.1 Å². The summed E-state index contributed by atoms with van der Waals surface area (Å²) in [6, 6.07) is 15.6. The second-order valence-electron chi connectivity index (χ2n) is 8.94. The van der Waals surface area contributed by atoms with Gasteiger partial charge in [-0.05, 0) is 17.2 Å². The lowest BCUT2D eigenvalue weighted by Gasteiger charge is -2.35. The zero-order valence-electron chi connectivity index (χ0n) is 18.2. The fourth-order valence-electron chi connectivity index (χ4n) is 5.32. The maximum Gasteiger partial charge on any atom is 0.348 e. The molecule has 1 aliphatic heterocycles. The molecule has 0 spiro atoms. The lowest BCUT2D eigenvalue weighted by molar-refractivity contribution is -0.920. The van der Waals surface area contributed by atoms with Gasteiger partial charge in [-0.25, -0.2) is 14.8 Å². The van der Waals surface area contributed by atoms with Gasteiger partial charge < -0.3 is 20.1 Å². The first kappa shape index (κ1) is 21.2. The van der Waals surface area contributed by atoms with Crippen LogP contribution in [0.5, 0.6) is 0 Å². The number of aromatic nitrogens is 2. The lowest BCUT2D eigenvalue weighted by Crippen LogP contribution is -2.51. The molecule has 168 valence electrons. The summed E-state index contributed by atoms with van der Waals surface area (Å²) < 4.78 is 6.14. The molecule has 5 rings (SSSR count). The Morgan fingerprint density at radius 3 is 2.33 bits per heavy atom. The van der Waals surface area contributed by atoms with E-state index in [2.05, 4.69) is 9.97 Å². The van der Waals surface area contributed by atoms with Gasteiger partial charge in [0.1, 0.15) is 18.6 Å². The largest absolute Gasteiger partial charge is 0.453 e. The summed E-state index contributed by atoms with van der Waals surface area (Å²) in [6.07, 6.45) is 3.02. The highest BCUT2D eigenvalue weighted by Gasteiger charge is 2.52. The van der Waals surface area contributed by atoms with Gasteiger partial charge in [0.25, 0.3) is 5.91 Å². The highest BCUT2D eigenvalue weighted by molar-refractivity contribution is 5.96. The summed E-state index contributed by atoms with van der Waals surface area (Å²) >= 11 is 0. The Morgan fingerprint density at radius 1 is 1.12 bits per heavy atom. The van der Waals surface area contributed by atoms with Gasteiger partial charge in [0.2, 0.25) is 11.6 Å². The Labute approximate surface area is 191 Å². The molecule has 1 fully saturated rings. The third-order valence-electron chi connectivity index (χ3n) is 6.85. The summed E-state index contributed by atoms with van der Waals surface area (Å²) in [7, 11) is 1.90. The molecule has 0 radical (unpaired) electrons. The summed E-state index contributed by atoms with van der Waals surface area (Å²) in [5.41, 5.74) is 7.06. The van der Waals surface area contributed by atoms with Gasteiger partial charge in [-0.15, -0.1) is 0 Å². The SMILES string of the molecule is C[N+]1(C(C(N)=O)c2ccncn2)CC[C@@H](OC(=O)C2(O)c3ccccc3-c3ccccc32)C1. The molecule has 3 atom stereocenters. The van der Waals surface area contributed by atoms with E-state index in [0.29, 0.717) is 36.3 Å². The third-order valence-corrected chi connectivity index (χ3v) is 6.85. The maximum absolute atomic E-state index is 13.4. The Morgan fingerprint density at radius 2 is 1.76 bits per heavy atom. The Balaban J connectivity index is 1.41. The van der Waals surface area contributed by atoms with Crippen molar-refractivity contribution in [3.63, 3.8) is 0 Å². The van der Waals surface area contributed by atoms with E-state index in [4.69, 9.17) is 10.5 Å². The van der Waals surface area contributed by atoms with Gasteiger partial charge >= 0.3 is 5.97 Å². The number of likely N-dealkylation sites (N-methyl/N-ethyl adjacent to an activating group) is 1. The fraction of sp³-hybridized carbons (Fsp3) is 0.280. The molecular weight excluding hydrogens is 420 g/mol. The number of hydrogen-bond donors (Lipinski definition) is 2. The Hall–Kier alpha value is -3.62. The zero-order valence-corrected chi connectivity index (χ0v) is 18.2. The van der Waals surface area contributed by atoms with Crippen LogP contribution in [0.1, 0.15) is 29.3 Å². The molecule has 2 aromatic carbocycles. The molecule has 1 aromatic heterocycles. The van der Waals surface area contributed by atoms with Crippen molar-refractivity contribution in [3.05, 3.63) is 83.9 Å². The van der Waals surface area contributed by atoms with Crippen molar-refractivity contribution < 1.29 is 23.9 Å². The number of fused-ring (bicyclic) bond motifs is 3. The second-order valence-corrected chi connectivity index (χ2v) is 8.94. The number of primary amides is 1. The third kappa shape index (κ3) is 3.30. The topological polar surface area (TPSA) is 115 Å². The van der Waals surface area contributed by atoms with Crippen LogP contribution in [-0.4, -0.2) is 57.7 Å². The molecule has 2 heterocycles. The van der Waals surface area contributed by atoms with E-state index < -0.39 is 29.6 Å². The molecule has 1 aliphatic carbocycles. The minimum atomic E-state index is -1.88. The fourth-order valence-corrected chi connectivity index (χ4v) is 5.32. The molecule has 2 unspecified atom stereocenters. The van der Waals surface area contributed by atoms with Crippen molar-refractivity contribution in [2.24, 2.45) is 5.73 Å². The summed E-state index contributed by atoms with van der Waals surface area (Å²) in [4.78, 5) is 33.9. The summed E-state index contributed by atoms with van der Waals surface area (Å²) in [5.74, 6) is -1.21. The molecule has 1 amide bonds. The number of nitrogens with two attached hydrogens (primary N) is 1. The minimum Gasteiger partial charge on any atom is -0.453 e. The molecule has 2 aliphatic rings. The number of likely N-dealkylation sites (tertiary alicyclic amines) is 1. The standard InChI is InChI=1S/C25H24N4O4/c1-29(22(23(26)30)21-10-12-27-15-28-21)13-11-16(14-29)33-24(31)25(32)19-8-4-2-6-17(19)18-7-3-5-9-20(18)25/h2-10,12,15-16,22,32H,11,13-14H2,1H3,(H-,26,30)/p+1/t16-,22?,29?/m1/s1. The number of benzene rings is 2. The van der Waals surface area contributed by atoms with Crippen molar-refractivity contribution in [1.29, 1.82) is 0 Å². The number of rotatable bonds is 5. The molecule has 3 N–H and O–H groups in total. The Kier molecular flexibility index (Phi) is 4.99. The number of carbonyl (C=O) groups excluding carboxylic acids is 2. The normalized spacial score (nSPS) is 23.4. The van der Waals surface area contributed by atoms with Crippen LogP contribution in [0.3, 0.4) is 0 Å². The first-order valence-corrected chi connectivity index (χ1v) is 10.9. The molecule has 1 saturated heterocycles. The summed E-state index contributed by atoms with van der Waals surface area (Å²) in [6.45, 7) is 0.948. The highest BCUT2D eigenvalue weighted by atomic mass is 16.6. The van der Waals surface area contributed by atoms with Crippen LogP contribution < -0.4 is 5.73 Å². The van der Waals surface area contributed by atoms with Crippen molar-refractivity contribution in [1.82, 2.24) is 9.97 Å². The first-order valence-electron chi connectivity index (χ1n) is 10.9. The van der Waals surface area contributed by atoms with E-state index in [9.17, 15) is 14.7 Å². The number of hydrogen-bond acceptors (Lipinski definition) is 6. The second kappa shape index (κ2) is 7.75. The smallest absolute Gasteiger partial charge is 0.348 e. The quantitative estimate of drug-likeness (QED) is 0.456. The van der Waals surface area contributed by atoms with Crippen molar-refractivity contribution in [2.75, 3.05) is 20.1 Å². The minimum absolute atomic E-state index is 0.260.